The van der Waals surface area contributed by atoms with E-state index in [9.17, 15) is 14.7 Å². The lowest BCUT2D eigenvalue weighted by atomic mass is 9.85. The third-order valence-corrected chi connectivity index (χ3v) is 7.07. The van der Waals surface area contributed by atoms with Gasteiger partial charge >= 0.3 is 0 Å². The minimum atomic E-state index is -0.721. The summed E-state index contributed by atoms with van der Waals surface area (Å²) in [4.78, 5) is 30.8. The lowest BCUT2D eigenvalue weighted by Gasteiger charge is -2.35. The molecule has 0 bridgehead atoms. The van der Waals surface area contributed by atoms with Crippen molar-refractivity contribution in [3.8, 4) is 0 Å². The number of nitrogens with one attached hydrogen (secondary N) is 1. The number of aliphatic hydroxyl groups is 1. The van der Waals surface area contributed by atoms with E-state index < -0.39 is 23.6 Å². The smallest absolute Gasteiger partial charge is 0.248 e. The van der Waals surface area contributed by atoms with Crippen LogP contribution in [0, 0.1) is 5.41 Å². The van der Waals surface area contributed by atoms with Gasteiger partial charge in [0.2, 0.25) is 11.8 Å². The second-order valence-corrected chi connectivity index (χ2v) is 11.1. The minimum absolute atomic E-state index is 0.101. The van der Waals surface area contributed by atoms with Gasteiger partial charge in [0.1, 0.15) is 12.1 Å². The van der Waals surface area contributed by atoms with E-state index in [1.807, 2.05) is 33.9 Å². The van der Waals surface area contributed by atoms with Gasteiger partial charge in [0, 0.05) is 44.2 Å². The van der Waals surface area contributed by atoms with Crippen molar-refractivity contribution < 1.29 is 14.7 Å². The molecule has 1 saturated heterocycles. The van der Waals surface area contributed by atoms with Crippen LogP contribution in [-0.4, -0.2) is 86.6 Å². The third kappa shape index (κ3) is 5.30. The van der Waals surface area contributed by atoms with Crippen LogP contribution in [0.3, 0.4) is 0 Å². The fraction of sp³-hybridized carbons (Fsp3) is 0.750. The highest BCUT2D eigenvalue weighted by Gasteiger charge is 2.45. The molecule has 3 heterocycles. The van der Waals surface area contributed by atoms with E-state index in [4.69, 9.17) is 0 Å². The van der Waals surface area contributed by atoms with Gasteiger partial charge in [-0.15, -0.1) is 5.10 Å². The van der Waals surface area contributed by atoms with E-state index in [2.05, 4.69) is 33.7 Å². The van der Waals surface area contributed by atoms with Gasteiger partial charge in [-0.2, -0.15) is 0 Å². The number of carbonyl (C=O) groups is 2. The number of aromatic nitrogens is 3. The summed E-state index contributed by atoms with van der Waals surface area (Å²) < 4.78 is 1.65. The maximum atomic E-state index is 13.8. The first-order valence-electron chi connectivity index (χ1n) is 12.1. The number of likely N-dealkylation sites (tertiary alicyclic amines) is 1. The van der Waals surface area contributed by atoms with E-state index in [1.165, 1.54) is 5.57 Å². The molecule has 182 valence electrons. The number of β-amino-alcohol motifs (C(OH)–C–C–N with tert-alkyl or cyclic N) is 1. The molecule has 9 nitrogen and oxygen atoms in total. The number of nitrogens with zero attached hydrogens (tertiary/aromatic N) is 5. The monoisotopic (exact) mass is 458 g/mol. The van der Waals surface area contributed by atoms with Gasteiger partial charge in [-0.05, 0) is 44.2 Å². The molecule has 1 saturated carbocycles. The first-order chi connectivity index (χ1) is 15.5. The van der Waals surface area contributed by atoms with Crippen LogP contribution >= 0.6 is 0 Å². The Hall–Kier alpha value is -2.26. The molecule has 0 aromatic carbocycles. The maximum absolute atomic E-state index is 13.8. The second kappa shape index (κ2) is 9.18. The Morgan fingerprint density at radius 3 is 2.61 bits per heavy atom. The lowest BCUT2D eigenvalue weighted by Crippen LogP contribution is -2.52. The van der Waals surface area contributed by atoms with E-state index in [-0.39, 0.29) is 30.8 Å². The van der Waals surface area contributed by atoms with Crippen molar-refractivity contribution in [1.29, 1.82) is 0 Å². The summed E-state index contributed by atoms with van der Waals surface area (Å²) in [6, 6.07) is -1.40. The van der Waals surface area contributed by atoms with Crippen molar-refractivity contribution in [1.82, 2.24) is 30.1 Å². The number of carbonyl (C=O) groups excluding carboxylic acids is 2. The molecule has 1 aromatic rings. The Labute approximate surface area is 196 Å². The predicted octanol–water partition coefficient (Wildman–Crippen LogP) is 1.47. The number of rotatable bonds is 6. The van der Waals surface area contributed by atoms with Crippen LogP contribution in [-0.2, 0) is 9.59 Å². The van der Waals surface area contributed by atoms with Crippen molar-refractivity contribution in [3.63, 3.8) is 0 Å². The van der Waals surface area contributed by atoms with Crippen molar-refractivity contribution >= 4 is 11.8 Å². The molecule has 2 aliphatic heterocycles. The highest BCUT2D eigenvalue weighted by molar-refractivity contribution is 5.90. The summed E-state index contributed by atoms with van der Waals surface area (Å²) >= 11 is 0. The van der Waals surface area contributed by atoms with Gasteiger partial charge in [0.05, 0.1) is 11.8 Å². The van der Waals surface area contributed by atoms with Crippen LogP contribution in [0.4, 0.5) is 0 Å². The summed E-state index contributed by atoms with van der Waals surface area (Å²) in [7, 11) is 2.08. The van der Waals surface area contributed by atoms with E-state index in [0.717, 1.165) is 38.0 Å². The maximum Gasteiger partial charge on any atom is 0.248 e. The van der Waals surface area contributed by atoms with Crippen LogP contribution in [0.5, 0.6) is 0 Å². The zero-order chi connectivity index (χ0) is 23.9. The molecule has 2 N–H and O–H groups in total. The van der Waals surface area contributed by atoms with E-state index in [0.29, 0.717) is 5.92 Å². The van der Waals surface area contributed by atoms with Crippen LogP contribution in [0.25, 0.3) is 0 Å². The first kappa shape index (κ1) is 23.9. The molecule has 1 aromatic heterocycles. The largest absolute Gasteiger partial charge is 0.391 e. The fourth-order valence-electron chi connectivity index (χ4n) is 4.91. The highest BCUT2D eigenvalue weighted by Crippen LogP contribution is 2.40. The Kier molecular flexibility index (Phi) is 6.64. The number of hydrogen-bond donors (Lipinski definition) is 2. The zero-order valence-electron chi connectivity index (χ0n) is 20.5. The third-order valence-electron chi connectivity index (χ3n) is 7.07. The van der Waals surface area contributed by atoms with Crippen LogP contribution in [0.1, 0.15) is 71.0 Å². The average Bonchev–Trinajstić information content (AvgIpc) is 3.35. The van der Waals surface area contributed by atoms with Gasteiger partial charge in [0.25, 0.3) is 0 Å². The van der Waals surface area contributed by atoms with Crippen molar-refractivity contribution in [2.45, 2.75) is 83.5 Å². The van der Waals surface area contributed by atoms with Crippen LogP contribution in [0.2, 0.25) is 0 Å². The Morgan fingerprint density at radius 1 is 1.27 bits per heavy atom. The molecular weight excluding hydrogens is 420 g/mol. The Bertz CT molecular complexity index is 916. The summed E-state index contributed by atoms with van der Waals surface area (Å²) in [5.74, 6) is 0.0340. The number of aliphatic hydroxyl groups excluding tert-OH is 1. The number of likely N-dealkylation sites (N-methyl/N-ethyl adjacent to an activating group) is 1. The number of amides is 2. The van der Waals surface area contributed by atoms with Gasteiger partial charge in [0.15, 0.2) is 0 Å². The molecule has 2 fully saturated rings. The molecule has 1 aliphatic carbocycles. The molecule has 3 aliphatic rings. The molecule has 33 heavy (non-hydrogen) atoms. The molecule has 3 unspecified atom stereocenters. The molecule has 9 heteroatoms. The SMILES string of the molecule is CC(NC(=O)C1CC(O)CN1C(=O)[C@@H](n1cc(C2CC2)nn1)C(C)(C)C)C1=CCN(C)CC1. The molecule has 2 amide bonds. The molecular formula is C24H38N6O3. The van der Waals surface area contributed by atoms with Gasteiger partial charge in [-0.25, -0.2) is 4.68 Å². The molecule has 4 atom stereocenters. The Balaban J connectivity index is 1.51. The standard InChI is InChI=1S/C24H38N6O3/c1-15(16-8-10-28(5)11-9-16)25-22(32)20-12-18(31)13-29(20)23(33)21(24(2,3)4)30-14-19(26-27-30)17-6-7-17/h8,14-15,17-18,20-21,31H,6-7,9-13H2,1-5H3,(H,25,32)/t15?,18?,20?,21-/m1/s1. The minimum Gasteiger partial charge on any atom is -0.391 e. The van der Waals surface area contributed by atoms with Crippen molar-refractivity contribution in [2.75, 3.05) is 26.7 Å². The Morgan fingerprint density at radius 2 is 2.00 bits per heavy atom. The molecule has 0 radical (unpaired) electrons. The van der Waals surface area contributed by atoms with E-state index >= 15 is 0 Å². The summed E-state index contributed by atoms with van der Waals surface area (Å²) in [6.07, 6.45) is 6.70. The van der Waals surface area contributed by atoms with Gasteiger partial charge in [-0.1, -0.05) is 32.1 Å². The van der Waals surface area contributed by atoms with Crippen LogP contribution < -0.4 is 5.32 Å². The van der Waals surface area contributed by atoms with Gasteiger partial charge in [-0.3, -0.25) is 9.59 Å². The quantitative estimate of drug-likeness (QED) is 0.626. The summed E-state index contributed by atoms with van der Waals surface area (Å²) in [5, 5.41) is 22.1. The lowest BCUT2D eigenvalue weighted by molar-refractivity contribution is -0.144. The summed E-state index contributed by atoms with van der Waals surface area (Å²) in [6.45, 7) is 9.94. The van der Waals surface area contributed by atoms with Crippen LogP contribution in [0.15, 0.2) is 17.8 Å². The predicted molar refractivity (Wildman–Crippen MR) is 124 cm³/mol. The zero-order valence-corrected chi connectivity index (χ0v) is 20.5. The topological polar surface area (TPSA) is 104 Å². The van der Waals surface area contributed by atoms with Crippen molar-refractivity contribution in [2.24, 2.45) is 5.41 Å². The second-order valence-electron chi connectivity index (χ2n) is 11.1. The summed E-state index contributed by atoms with van der Waals surface area (Å²) in [5.41, 5.74) is 1.69. The fourth-order valence-corrected chi connectivity index (χ4v) is 4.91. The first-order valence-corrected chi connectivity index (χ1v) is 12.1. The molecule has 4 rings (SSSR count). The normalized spacial score (nSPS) is 26.1. The number of hydrogen-bond acceptors (Lipinski definition) is 6. The highest BCUT2D eigenvalue weighted by atomic mass is 16.3. The van der Waals surface area contributed by atoms with E-state index in [1.54, 1.807) is 9.58 Å². The molecule has 0 spiro atoms. The van der Waals surface area contributed by atoms with Gasteiger partial charge < -0.3 is 20.2 Å². The average molecular weight is 459 g/mol. The van der Waals surface area contributed by atoms with Crippen molar-refractivity contribution in [3.05, 3.63) is 23.5 Å².